The van der Waals surface area contributed by atoms with Crippen LogP contribution in [0.5, 0.6) is 0 Å². The van der Waals surface area contributed by atoms with Gasteiger partial charge >= 0.3 is 6.09 Å². The van der Waals surface area contributed by atoms with Crippen LogP contribution in [0.15, 0.2) is 24.5 Å². The van der Waals surface area contributed by atoms with Gasteiger partial charge in [0.1, 0.15) is 0 Å². The first-order valence-corrected chi connectivity index (χ1v) is 6.35. The molecule has 0 aliphatic carbocycles. The van der Waals surface area contributed by atoms with Crippen molar-refractivity contribution in [2.75, 3.05) is 19.7 Å². The molecule has 0 bridgehead atoms. The first-order valence-electron chi connectivity index (χ1n) is 6.35. The Bertz CT molecular complexity index is 544. The maximum absolute atomic E-state index is 12.2. The normalized spacial score (nSPS) is 22.3. The number of carbonyl (C=O) groups is 3. The van der Waals surface area contributed by atoms with Crippen molar-refractivity contribution in [2.45, 2.75) is 12.5 Å². The molecular weight excluding hydrogens is 262 g/mol. The van der Waals surface area contributed by atoms with E-state index in [1.54, 1.807) is 29.4 Å². The van der Waals surface area contributed by atoms with Crippen molar-refractivity contribution in [3.05, 3.63) is 30.1 Å². The van der Waals surface area contributed by atoms with Gasteiger partial charge in [-0.1, -0.05) is 0 Å². The van der Waals surface area contributed by atoms with E-state index >= 15 is 0 Å². The molecule has 0 spiro atoms. The van der Waals surface area contributed by atoms with Gasteiger partial charge in [0, 0.05) is 31.0 Å². The molecule has 2 aliphatic rings. The summed E-state index contributed by atoms with van der Waals surface area (Å²) in [5, 5.41) is 0. The molecule has 2 aliphatic heterocycles. The summed E-state index contributed by atoms with van der Waals surface area (Å²) in [5.74, 6) is -0.451. The Balaban J connectivity index is 1.69. The highest BCUT2D eigenvalue weighted by Gasteiger charge is 2.41. The van der Waals surface area contributed by atoms with Crippen LogP contribution in [0.2, 0.25) is 0 Å². The maximum Gasteiger partial charge on any atom is 0.417 e. The Morgan fingerprint density at radius 2 is 2.05 bits per heavy atom. The predicted molar refractivity (Wildman–Crippen MR) is 66.7 cm³/mol. The van der Waals surface area contributed by atoms with E-state index in [2.05, 4.69) is 4.98 Å². The van der Waals surface area contributed by atoms with E-state index in [0.29, 0.717) is 25.1 Å². The Hall–Kier alpha value is -2.44. The van der Waals surface area contributed by atoms with Crippen LogP contribution in [0.1, 0.15) is 16.8 Å². The Morgan fingerprint density at radius 3 is 2.70 bits per heavy atom. The first-order chi connectivity index (χ1) is 9.66. The van der Waals surface area contributed by atoms with Gasteiger partial charge in [-0.15, -0.1) is 0 Å². The summed E-state index contributed by atoms with van der Waals surface area (Å²) >= 11 is 0. The van der Waals surface area contributed by atoms with Crippen LogP contribution in [0, 0.1) is 0 Å². The molecule has 104 valence electrons. The van der Waals surface area contributed by atoms with Crippen LogP contribution in [0.3, 0.4) is 0 Å². The fourth-order valence-electron chi connectivity index (χ4n) is 2.53. The van der Waals surface area contributed by atoms with Gasteiger partial charge < -0.3 is 9.64 Å². The molecule has 1 atom stereocenters. The molecule has 0 radical (unpaired) electrons. The van der Waals surface area contributed by atoms with Gasteiger partial charge in [0.2, 0.25) is 0 Å². The maximum atomic E-state index is 12.2. The molecule has 0 N–H and O–H groups in total. The van der Waals surface area contributed by atoms with Gasteiger partial charge in [-0.25, -0.2) is 9.69 Å². The molecule has 3 amide bonds. The van der Waals surface area contributed by atoms with Gasteiger partial charge in [-0.05, 0) is 18.6 Å². The summed E-state index contributed by atoms with van der Waals surface area (Å²) in [6.07, 6.45) is 3.08. The number of cyclic esters (lactones) is 1. The van der Waals surface area contributed by atoms with E-state index in [1.165, 1.54) is 0 Å². The number of carbonyl (C=O) groups excluding carboxylic acids is 3. The van der Waals surface area contributed by atoms with Crippen molar-refractivity contribution in [1.82, 2.24) is 14.8 Å². The van der Waals surface area contributed by atoms with Crippen molar-refractivity contribution in [1.29, 1.82) is 0 Å². The molecule has 3 heterocycles. The summed E-state index contributed by atoms with van der Waals surface area (Å²) in [5.41, 5.74) is 0.552. The number of nitrogens with zero attached hydrogens (tertiary/aromatic N) is 3. The molecule has 3 rings (SSSR count). The number of likely N-dealkylation sites (tertiary alicyclic amines) is 1. The fourth-order valence-corrected chi connectivity index (χ4v) is 2.53. The molecule has 7 nitrogen and oxygen atoms in total. The van der Waals surface area contributed by atoms with Crippen molar-refractivity contribution in [2.24, 2.45) is 0 Å². The Morgan fingerprint density at radius 1 is 1.30 bits per heavy atom. The zero-order valence-corrected chi connectivity index (χ0v) is 10.7. The summed E-state index contributed by atoms with van der Waals surface area (Å²) in [7, 11) is 0. The number of imide groups is 1. The average Bonchev–Trinajstić information content (AvgIpc) is 3.06. The Labute approximate surface area is 115 Å². The lowest BCUT2D eigenvalue weighted by Crippen LogP contribution is -2.42. The molecule has 2 saturated heterocycles. The molecule has 0 unspecified atom stereocenters. The highest BCUT2D eigenvalue weighted by molar-refractivity contribution is 5.98. The largest absolute Gasteiger partial charge is 0.439 e. The van der Waals surface area contributed by atoms with E-state index in [0.717, 1.165) is 4.90 Å². The minimum Gasteiger partial charge on any atom is -0.439 e. The monoisotopic (exact) mass is 275 g/mol. The molecular formula is C13H13N3O4. The van der Waals surface area contributed by atoms with Gasteiger partial charge in [0.15, 0.2) is 6.61 Å². The lowest BCUT2D eigenvalue weighted by Gasteiger charge is -2.20. The second-order valence-corrected chi connectivity index (χ2v) is 4.75. The van der Waals surface area contributed by atoms with Gasteiger partial charge in [0.05, 0.1) is 6.04 Å². The van der Waals surface area contributed by atoms with E-state index in [4.69, 9.17) is 4.74 Å². The van der Waals surface area contributed by atoms with E-state index in [1.807, 2.05) is 0 Å². The smallest absolute Gasteiger partial charge is 0.417 e. The predicted octanol–water partition coefficient (Wildman–Crippen LogP) is 0.275. The second kappa shape index (κ2) is 4.92. The van der Waals surface area contributed by atoms with Crippen LogP contribution >= 0.6 is 0 Å². The summed E-state index contributed by atoms with van der Waals surface area (Å²) < 4.78 is 4.70. The van der Waals surface area contributed by atoms with E-state index in [9.17, 15) is 14.4 Å². The number of ether oxygens (including phenoxy) is 1. The standard InChI is InChI=1S/C13H13N3O4/c17-11-8-20-13(19)16(11)10-3-6-15(7-10)12(18)9-1-4-14-5-2-9/h1-2,4-5,10H,3,6-8H2/t10-/m1/s1. The summed E-state index contributed by atoms with van der Waals surface area (Å²) in [6.45, 7) is 0.665. The van der Waals surface area contributed by atoms with Crippen LogP contribution in [0.25, 0.3) is 0 Å². The zero-order chi connectivity index (χ0) is 14.1. The SMILES string of the molecule is O=C(c1ccncc1)N1CC[C@@H](N2C(=O)COC2=O)C1. The number of hydrogen-bond donors (Lipinski definition) is 0. The minimum atomic E-state index is -0.613. The second-order valence-electron chi connectivity index (χ2n) is 4.75. The molecule has 1 aromatic rings. The molecule has 1 aromatic heterocycles. The number of amides is 3. The van der Waals surface area contributed by atoms with Crippen molar-refractivity contribution >= 4 is 17.9 Å². The third kappa shape index (κ3) is 2.11. The zero-order valence-electron chi connectivity index (χ0n) is 10.7. The van der Waals surface area contributed by atoms with E-state index in [-0.39, 0.29) is 24.5 Å². The van der Waals surface area contributed by atoms with Crippen LogP contribution < -0.4 is 0 Å². The highest BCUT2D eigenvalue weighted by atomic mass is 16.6. The minimum absolute atomic E-state index is 0.116. The van der Waals surface area contributed by atoms with Crippen molar-refractivity contribution in [3.8, 4) is 0 Å². The van der Waals surface area contributed by atoms with Crippen LogP contribution in [-0.4, -0.2) is 58.4 Å². The molecule has 20 heavy (non-hydrogen) atoms. The number of aromatic nitrogens is 1. The third-order valence-corrected chi connectivity index (χ3v) is 3.53. The van der Waals surface area contributed by atoms with Crippen LogP contribution in [-0.2, 0) is 9.53 Å². The highest BCUT2D eigenvalue weighted by Crippen LogP contribution is 2.21. The molecule has 0 saturated carbocycles. The number of hydrogen-bond acceptors (Lipinski definition) is 5. The quantitative estimate of drug-likeness (QED) is 0.774. The van der Waals surface area contributed by atoms with Gasteiger partial charge in [-0.3, -0.25) is 14.6 Å². The van der Waals surface area contributed by atoms with Crippen molar-refractivity contribution < 1.29 is 19.1 Å². The average molecular weight is 275 g/mol. The lowest BCUT2D eigenvalue weighted by molar-refractivity contribution is -0.127. The molecule has 2 fully saturated rings. The third-order valence-electron chi connectivity index (χ3n) is 3.53. The summed E-state index contributed by atoms with van der Waals surface area (Å²) in [4.78, 5) is 42.0. The summed E-state index contributed by atoms with van der Waals surface area (Å²) in [6, 6.07) is 3.00. The first kappa shape index (κ1) is 12.6. The lowest BCUT2D eigenvalue weighted by atomic mass is 10.2. The fraction of sp³-hybridized carbons (Fsp3) is 0.385. The number of pyridine rings is 1. The van der Waals surface area contributed by atoms with Gasteiger partial charge in [-0.2, -0.15) is 0 Å². The molecule has 7 heteroatoms. The van der Waals surface area contributed by atoms with Crippen molar-refractivity contribution in [3.63, 3.8) is 0 Å². The number of rotatable bonds is 2. The molecule has 0 aromatic carbocycles. The van der Waals surface area contributed by atoms with E-state index < -0.39 is 6.09 Å². The topological polar surface area (TPSA) is 79.8 Å². The van der Waals surface area contributed by atoms with Crippen LogP contribution in [0.4, 0.5) is 4.79 Å². The van der Waals surface area contributed by atoms with Gasteiger partial charge in [0.25, 0.3) is 11.8 Å². The Kier molecular flexibility index (Phi) is 3.09.